The Labute approximate surface area is 178 Å². The molecule has 10 heteroatoms. The van der Waals surface area contributed by atoms with Gasteiger partial charge in [0.1, 0.15) is 5.69 Å². The van der Waals surface area contributed by atoms with Crippen LogP contribution >= 0.6 is 11.6 Å². The van der Waals surface area contributed by atoms with E-state index in [9.17, 15) is 19.7 Å². The zero-order valence-corrected chi connectivity index (χ0v) is 17.3. The van der Waals surface area contributed by atoms with Gasteiger partial charge in [0, 0.05) is 30.3 Å². The van der Waals surface area contributed by atoms with Crippen molar-refractivity contribution in [2.75, 3.05) is 32.7 Å². The number of anilines is 1. The number of nitro groups is 1. The van der Waals surface area contributed by atoms with Crippen LogP contribution in [0.1, 0.15) is 28.4 Å². The van der Waals surface area contributed by atoms with Crippen molar-refractivity contribution in [1.29, 1.82) is 0 Å². The average molecular weight is 436 g/mol. The van der Waals surface area contributed by atoms with Crippen LogP contribution in [0.2, 0.25) is 5.02 Å². The highest BCUT2D eigenvalue weighted by Crippen LogP contribution is 2.26. The van der Waals surface area contributed by atoms with Gasteiger partial charge in [0.05, 0.1) is 31.1 Å². The van der Waals surface area contributed by atoms with Crippen LogP contribution in [0.4, 0.5) is 11.4 Å². The van der Waals surface area contributed by atoms with Gasteiger partial charge in [0.15, 0.2) is 0 Å². The fraction of sp³-hybridized carbons (Fsp3) is 0.300. The smallest absolute Gasteiger partial charge is 0.307 e. The number of carbonyl (C=O) groups excluding carboxylic acids is 2. The van der Waals surface area contributed by atoms with E-state index < -0.39 is 22.8 Å². The summed E-state index contributed by atoms with van der Waals surface area (Å²) in [4.78, 5) is 35.4. The van der Waals surface area contributed by atoms with Crippen molar-refractivity contribution in [3.8, 4) is 0 Å². The first-order chi connectivity index (χ1) is 14.3. The molecule has 1 atom stereocenters. The van der Waals surface area contributed by atoms with Crippen molar-refractivity contribution >= 4 is 34.9 Å². The fourth-order valence-corrected chi connectivity index (χ4v) is 2.83. The van der Waals surface area contributed by atoms with Crippen molar-refractivity contribution in [2.45, 2.75) is 12.5 Å². The SMILES string of the molecule is COCCNc1ccc(C(=O)NC(CC(=O)OC)c2ccc(Cl)cc2)cc1[N+](=O)[O-]. The lowest BCUT2D eigenvalue weighted by Crippen LogP contribution is -2.30. The molecule has 0 spiro atoms. The number of nitrogens with zero attached hydrogens (tertiary/aromatic N) is 1. The maximum Gasteiger partial charge on any atom is 0.307 e. The molecule has 0 aliphatic rings. The van der Waals surface area contributed by atoms with E-state index in [2.05, 4.69) is 10.6 Å². The molecule has 0 saturated heterocycles. The molecule has 30 heavy (non-hydrogen) atoms. The number of amides is 1. The molecule has 1 amide bonds. The Morgan fingerprint density at radius 1 is 1.17 bits per heavy atom. The average Bonchev–Trinajstić information content (AvgIpc) is 2.73. The molecule has 160 valence electrons. The maximum atomic E-state index is 12.8. The standard InChI is InChI=1S/C20H22ClN3O6/c1-29-10-9-22-16-8-5-14(11-18(16)24(27)28)20(26)23-17(12-19(25)30-2)13-3-6-15(21)7-4-13/h3-8,11,17,22H,9-10,12H2,1-2H3,(H,23,26). The van der Waals surface area contributed by atoms with E-state index in [1.807, 2.05) is 0 Å². The van der Waals surface area contributed by atoms with Gasteiger partial charge in [-0.05, 0) is 29.8 Å². The van der Waals surface area contributed by atoms with Gasteiger partial charge in [-0.15, -0.1) is 0 Å². The zero-order valence-electron chi connectivity index (χ0n) is 16.5. The predicted octanol–water partition coefficient (Wildman–Crippen LogP) is 3.34. The second-order valence-electron chi connectivity index (χ2n) is 6.27. The van der Waals surface area contributed by atoms with Crippen molar-refractivity contribution in [3.63, 3.8) is 0 Å². The third-order valence-corrected chi connectivity index (χ3v) is 4.51. The van der Waals surface area contributed by atoms with E-state index in [0.29, 0.717) is 23.7 Å². The van der Waals surface area contributed by atoms with Gasteiger partial charge < -0.3 is 20.1 Å². The summed E-state index contributed by atoms with van der Waals surface area (Å²) in [6.07, 6.45) is -0.109. The summed E-state index contributed by atoms with van der Waals surface area (Å²) in [5, 5.41) is 17.5. The maximum absolute atomic E-state index is 12.8. The summed E-state index contributed by atoms with van der Waals surface area (Å²) in [5.74, 6) is -1.08. The molecule has 2 rings (SSSR count). The molecule has 1 unspecified atom stereocenters. The lowest BCUT2D eigenvalue weighted by molar-refractivity contribution is -0.384. The van der Waals surface area contributed by atoms with E-state index in [4.69, 9.17) is 21.1 Å². The second kappa shape index (κ2) is 11.1. The Bertz CT molecular complexity index is 904. The van der Waals surface area contributed by atoms with Crippen molar-refractivity contribution in [3.05, 3.63) is 68.7 Å². The van der Waals surface area contributed by atoms with Gasteiger partial charge in [0.2, 0.25) is 0 Å². The van der Waals surface area contributed by atoms with Crippen LogP contribution in [0.25, 0.3) is 0 Å². The summed E-state index contributed by atoms with van der Waals surface area (Å²) in [5.41, 5.74) is 0.764. The molecule has 0 heterocycles. The number of esters is 1. The summed E-state index contributed by atoms with van der Waals surface area (Å²) < 4.78 is 9.62. The number of carbonyl (C=O) groups is 2. The van der Waals surface area contributed by atoms with Crippen LogP contribution < -0.4 is 10.6 Å². The molecule has 0 aromatic heterocycles. The van der Waals surface area contributed by atoms with E-state index >= 15 is 0 Å². The zero-order chi connectivity index (χ0) is 22.1. The number of methoxy groups -OCH3 is 2. The van der Waals surface area contributed by atoms with Crippen LogP contribution in [0.15, 0.2) is 42.5 Å². The minimum Gasteiger partial charge on any atom is -0.469 e. The Hall–Kier alpha value is -3.17. The van der Waals surface area contributed by atoms with Crippen molar-refractivity contribution < 1.29 is 24.0 Å². The Morgan fingerprint density at radius 2 is 1.87 bits per heavy atom. The van der Waals surface area contributed by atoms with E-state index in [1.165, 1.54) is 32.4 Å². The molecule has 0 aliphatic heterocycles. The van der Waals surface area contributed by atoms with Crippen LogP contribution in [0.3, 0.4) is 0 Å². The molecule has 2 aromatic rings. The second-order valence-corrected chi connectivity index (χ2v) is 6.70. The summed E-state index contributed by atoms with van der Waals surface area (Å²) in [6.45, 7) is 0.746. The number of nitro benzene ring substituents is 1. The van der Waals surface area contributed by atoms with E-state index in [0.717, 1.165) is 0 Å². The number of benzene rings is 2. The van der Waals surface area contributed by atoms with Gasteiger partial charge in [-0.3, -0.25) is 19.7 Å². The van der Waals surface area contributed by atoms with Crippen LogP contribution in [-0.4, -0.2) is 44.2 Å². The molecule has 2 aromatic carbocycles. The minimum absolute atomic E-state index is 0.0859. The third-order valence-electron chi connectivity index (χ3n) is 4.25. The van der Waals surface area contributed by atoms with Gasteiger partial charge in [-0.2, -0.15) is 0 Å². The quantitative estimate of drug-likeness (QED) is 0.254. The number of nitrogens with one attached hydrogen (secondary N) is 2. The lowest BCUT2D eigenvalue weighted by Gasteiger charge is -2.18. The minimum atomic E-state index is -0.694. The first-order valence-electron chi connectivity index (χ1n) is 9.00. The van der Waals surface area contributed by atoms with Gasteiger partial charge in [-0.25, -0.2) is 0 Å². The fourth-order valence-electron chi connectivity index (χ4n) is 2.70. The highest BCUT2D eigenvalue weighted by Gasteiger charge is 2.22. The number of hydrogen-bond donors (Lipinski definition) is 2. The monoisotopic (exact) mass is 435 g/mol. The summed E-state index contributed by atoms with van der Waals surface area (Å²) >= 11 is 5.90. The Kier molecular flexibility index (Phi) is 8.57. The Balaban J connectivity index is 2.25. The molecule has 0 fully saturated rings. The van der Waals surface area contributed by atoms with Crippen LogP contribution in [0.5, 0.6) is 0 Å². The topological polar surface area (TPSA) is 120 Å². The molecule has 0 aliphatic carbocycles. The molecule has 2 N–H and O–H groups in total. The van der Waals surface area contributed by atoms with Gasteiger partial charge in [-0.1, -0.05) is 23.7 Å². The molecule has 0 radical (unpaired) electrons. The highest BCUT2D eigenvalue weighted by molar-refractivity contribution is 6.30. The normalized spacial score (nSPS) is 11.4. The number of ether oxygens (including phenoxy) is 2. The lowest BCUT2D eigenvalue weighted by atomic mass is 10.0. The van der Waals surface area contributed by atoms with Crippen molar-refractivity contribution in [2.24, 2.45) is 0 Å². The number of rotatable bonds is 10. The van der Waals surface area contributed by atoms with E-state index in [1.54, 1.807) is 24.3 Å². The van der Waals surface area contributed by atoms with Crippen LogP contribution in [-0.2, 0) is 14.3 Å². The number of halogens is 1. The molecule has 0 saturated carbocycles. The summed E-state index contributed by atoms with van der Waals surface area (Å²) in [6, 6.07) is 10.1. The van der Waals surface area contributed by atoms with Gasteiger partial charge >= 0.3 is 5.97 Å². The molecule has 9 nitrogen and oxygen atoms in total. The molecular formula is C20H22ClN3O6. The van der Waals surface area contributed by atoms with E-state index in [-0.39, 0.29) is 23.4 Å². The van der Waals surface area contributed by atoms with Crippen LogP contribution in [0, 0.1) is 10.1 Å². The predicted molar refractivity (Wildman–Crippen MR) is 112 cm³/mol. The Morgan fingerprint density at radius 3 is 2.47 bits per heavy atom. The van der Waals surface area contributed by atoms with Gasteiger partial charge in [0.25, 0.3) is 11.6 Å². The molecular weight excluding hydrogens is 414 g/mol. The highest BCUT2D eigenvalue weighted by atomic mass is 35.5. The number of hydrogen-bond acceptors (Lipinski definition) is 7. The summed E-state index contributed by atoms with van der Waals surface area (Å²) in [7, 11) is 2.77. The largest absolute Gasteiger partial charge is 0.469 e. The molecule has 0 bridgehead atoms. The van der Waals surface area contributed by atoms with Crippen molar-refractivity contribution in [1.82, 2.24) is 5.32 Å². The first kappa shape index (κ1) is 23.1. The first-order valence-corrected chi connectivity index (χ1v) is 9.38. The third kappa shape index (κ3) is 6.43.